The van der Waals surface area contributed by atoms with Crippen molar-refractivity contribution in [1.82, 2.24) is 0 Å². The van der Waals surface area contributed by atoms with Gasteiger partial charge in [0.25, 0.3) is 0 Å². The number of carbonyl (C=O) groups is 4. The van der Waals surface area contributed by atoms with E-state index in [0.29, 0.717) is 25.7 Å². The molecule has 0 amide bonds. The largest absolute Gasteiger partial charge is 0.469 e. The van der Waals surface area contributed by atoms with Crippen LogP contribution in [0.5, 0.6) is 0 Å². The number of esters is 3. The van der Waals surface area contributed by atoms with E-state index in [9.17, 15) is 24.3 Å². The lowest BCUT2D eigenvalue weighted by Gasteiger charge is -2.62. The number of hydrogen-bond donors (Lipinski definition) is 1. The van der Waals surface area contributed by atoms with E-state index in [4.69, 9.17) is 14.2 Å². The Morgan fingerprint density at radius 1 is 1.00 bits per heavy atom. The van der Waals surface area contributed by atoms with Gasteiger partial charge in [0.15, 0.2) is 0 Å². The van der Waals surface area contributed by atoms with Crippen molar-refractivity contribution in [3.8, 4) is 0 Å². The van der Waals surface area contributed by atoms with Gasteiger partial charge in [-0.25, -0.2) is 0 Å². The molecule has 4 fully saturated rings. The van der Waals surface area contributed by atoms with Gasteiger partial charge < -0.3 is 19.3 Å². The zero-order valence-electron chi connectivity index (χ0n) is 20.2. The zero-order chi connectivity index (χ0) is 24.3. The maximum atomic E-state index is 13.8. The van der Waals surface area contributed by atoms with Gasteiger partial charge in [0.05, 0.1) is 13.0 Å². The Morgan fingerprint density at radius 2 is 1.67 bits per heavy atom. The molecule has 9 atom stereocenters. The Hall–Kier alpha value is -1.96. The predicted octanol–water partition coefficient (Wildman–Crippen LogP) is 2.59. The number of Topliss-reactive ketones (excluding diaryl/α,β-unsaturated/α-hetero) is 1. The lowest BCUT2D eigenvalue weighted by atomic mass is 9.42. The van der Waals surface area contributed by atoms with Crippen molar-refractivity contribution in [3.05, 3.63) is 0 Å². The summed E-state index contributed by atoms with van der Waals surface area (Å²) < 4.78 is 16.1. The number of ether oxygens (including phenoxy) is 3. The summed E-state index contributed by atoms with van der Waals surface area (Å²) in [4.78, 5) is 49.9. The molecule has 0 spiro atoms. The Kier molecular flexibility index (Phi) is 5.91. The molecule has 33 heavy (non-hydrogen) atoms. The molecule has 8 heteroatoms. The molecule has 0 saturated heterocycles. The Morgan fingerprint density at radius 3 is 2.27 bits per heavy atom. The first-order valence-electron chi connectivity index (χ1n) is 12.1. The molecule has 0 aromatic carbocycles. The fourth-order valence-electron chi connectivity index (χ4n) is 8.19. The van der Waals surface area contributed by atoms with Crippen LogP contribution in [0.25, 0.3) is 0 Å². The third-order valence-corrected chi connectivity index (χ3v) is 9.63. The highest BCUT2D eigenvalue weighted by molar-refractivity contribution is 5.87. The van der Waals surface area contributed by atoms with Crippen molar-refractivity contribution < 1.29 is 38.5 Å². The van der Waals surface area contributed by atoms with Crippen molar-refractivity contribution in [2.75, 3.05) is 7.11 Å². The van der Waals surface area contributed by atoms with E-state index in [-0.39, 0.29) is 42.0 Å². The van der Waals surface area contributed by atoms with Gasteiger partial charge in [-0.05, 0) is 43.4 Å². The second-order valence-corrected chi connectivity index (χ2v) is 11.2. The first-order valence-corrected chi connectivity index (χ1v) is 12.1. The number of aliphatic hydroxyl groups is 1. The Balaban J connectivity index is 1.72. The number of rotatable bonds is 3. The van der Waals surface area contributed by atoms with Crippen molar-refractivity contribution in [2.24, 2.45) is 34.5 Å². The number of ketones is 1. The molecule has 0 aromatic heterocycles. The minimum absolute atomic E-state index is 0.0396. The quantitative estimate of drug-likeness (QED) is 0.500. The molecule has 4 aliphatic rings. The fraction of sp³-hybridized carbons (Fsp3) is 0.840. The van der Waals surface area contributed by atoms with Gasteiger partial charge in [0.2, 0.25) is 0 Å². The van der Waals surface area contributed by atoms with Crippen LogP contribution in [0.4, 0.5) is 0 Å². The molecule has 4 aliphatic carbocycles. The molecular weight excluding hydrogens is 428 g/mol. The lowest BCUT2D eigenvalue weighted by molar-refractivity contribution is -0.235. The van der Waals surface area contributed by atoms with Gasteiger partial charge in [-0.1, -0.05) is 13.8 Å². The molecule has 4 rings (SSSR count). The van der Waals surface area contributed by atoms with Crippen molar-refractivity contribution in [3.63, 3.8) is 0 Å². The van der Waals surface area contributed by atoms with Gasteiger partial charge in [0.1, 0.15) is 23.6 Å². The number of methoxy groups -OCH3 is 1. The van der Waals surface area contributed by atoms with E-state index < -0.39 is 46.8 Å². The maximum Gasteiger partial charge on any atom is 0.309 e. The van der Waals surface area contributed by atoms with Crippen LogP contribution in [0.15, 0.2) is 0 Å². The fourth-order valence-corrected chi connectivity index (χ4v) is 8.19. The van der Waals surface area contributed by atoms with Crippen LogP contribution in [-0.2, 0) is 33.4 Å². The minimum Gasteiger partial charge on any atom is -0.469 e. The molecule has 184 valence electrons. The molecule has 0 aliphatic heterocycles. The molecular formula is C25H36O8. The smallest absolute Gasteiger partial charge is 0.309 e. The maximum absolute atomic E-state index is 13.8. The summed E-state index contributed by atoms with van der Waals surface area (Å²) in [7, 11) is 1.30. The summed E-state index contributed by atoms with van der Waals surface area (Å²) in [5.41, 5.74) is -2.93. The number of carbonyl (C=O) groups excluding carboxylic acids is 4. The standard InChI is InChI=1S/C25H36O8/c1-13(26)32-16-8-9-23(3)15(10-16)6-7-17-21(23)19(28)12-24(4)18(22(29)31-5)11-20(25(17,24)30)33-14(2)27/h15-18,20-21,30H,6-12H2,1-5H3/t15-,16-,17-,18+,20+,21+,23+,24+,25-/m1/s1. The summed E-state index contributed by atoms with van der Waals surface area (Å²) in [6.07, 6.45) is 2.63. The summed E-state index contributed by atoms with van der Waals surface area (Å²) >= 11 is 0. The average Bonchev–Trinajstić information content (AvgIpc) is 2.94. The number of hydrogen-bond acceptors (Lipinski definition) is 8. The highest BCUT2D eigenvalue weighted by Gasteiger charge is 2.75. The first kappa shape index (κ1) is 24.2. The van der Waals surface area contributed by atoms with Gasteiger partial charge in [0, 0.05) is 43.9 Å². The van der Waals surface area contributed by atoms with Crippen LogP contribution in [0, 0.1) is 34.5 Å². The second-order valence-electron chi connectivity index (χ2n) is 11.2. The monoisotopic (exact) mass is 464 g/mol. The third-order valence-electron chi connectivity index (χ3n) is 9.63. The van der Waals surface area contributed by atoms with E-state index in [2.05, 4.69) is 6.92 Å². The Bertz CT molecular complexity index is 868. The molecule has 0 bridgehead atoms. The van der Waals surface area contributed by atoms with Crippen molar-refractivity contribution >= 4 is 23.7 Å². The molecule has 0 radical (unpaired) electrons. The zero-order valence-corrected chi connectivity index (χ0v) is 20.2. The van der Waals surface area contributed by atoms with Crippen LogP contribution in [0.3, 0.4) is 0 Å². The lowest BCUT2D eigenvalue weighted by Crippen LogP contribution is -2.68. The topological polar surface area (TPSA) is 116 Å². The van der Waals surface area contributed by atoms with Gasteiger partial charge in [-0.2, -0.15) is 0 Å². The van der Waals surface area contributed by atoms with E-state index in [1.807, 2.05) is 0 Å². The van der Waals surface area contributed by atoms with Gasteiger partial charge in [-0.3, -0.25) is 19.2 Å². The summed E-state index contributed by atoms with van der Waals surface area (Å²) in [5, 5.41) is 12.4. The average molecular weight is 465 g/mol. The van der Waals surface area contributed by atoms with E-state index in [1.165, 1.54) is 21.0 Å². The van der Waals surface area contributed by atoms with Crippen LogP contribution in [0.1, 0.15) is 72.6 Å². The normalized spacial score (nSPS) is 46.4. The van der Waals surface area contributed by atoms with Crippen LogP contribution in [0.2, 0.25) is 0 Å². The summed E-state index contributed by atoms with van der Waals surface area (Å²) in [6, 6.07) is 0. The van der Waals surface area contributed by atoms with Crippen LogP contribution >= 0.6 is 0 Å². The SMILES string of the molecule is COC(=O)[C@@H]1C[C@H](OC(C)=O)[C@]2(O)[C@@H]3CC[C@@H]4C[C@H](OC(C)=O)CC[C@]4(C)[C@@H]3C(=O)C[C@@]12C. The van der Waals surface area contributed by atoms with Gasteiger partial charge in [-0.15, -0.1) is 0 Å². The van der Waals surface area contributed by atoms with E-state index >= 15 is 0 Å². The third kappa shape index (κ3) is 3.43. The predicted molar refractivity (Wildman–Crippen MR) is 116 cm³/mol. The highest BCUT2D eigenvalue weighted by atomic mass is 16.6. The Labute approximate surface area is 194 Å². The molecule has 8 nitrogen and oxygen atoms in total. The van der Waals surface area contributed by atoms with Crippen LogP contribution in [-0.4, -0.2) is 53.7 Å². The molecule has 4 saturated carbocycles. The molecule has 0 unspecified atom stereocenters. The summed E-state index contributed by atoms with van der Waals surface area (Å²) in [5.74, 6) is -2.60. The minimum atomic E-state index is -1.50. The van der Waals surface area contributed by atoms with Crippen LogP contribution < -0.4 is 0 Å². The number of fused-ring (bicyclic) bond motifs is 5. The van der Waals surface area contributed by atoms with Crippen molar-refractivity contribution in [2.45, 2.75) is 90.4 Å². The van der Waals surface area contributed by atoms with E-state index in [0.717, 1.165) is 6.42 Å². The molecule has 1 N–H and O–H groups in total. The molecule has 0 heterocycles. The van der Waals surface area contributed by atoms with Gasteiger partial charge >= 0.3 is 17.9 Å². The van der Waals surface area contributed by atoms with Crippen molar-refractivity contribution in [1.29, 1.82) is 0 Å². The summed E-state index contributed by atoms with van der Waals surface area (Å²) in [6.45, 7) is 6.61. The molecule has 0 aromatic rings. The first-order chi connectivity index (χ1) is 15.4. The van der Waals surface area contributed by atoms with E-state index in [1.54, 1.807) is 6.92 Å². The second kappa shape index (κ2) is 8.07. The highest BCUT2D eigenvalue weighted by Crippen LogP contribution is 2.68.